The molecule has 0 radical (unpaired) electrons. The van der Waals surface area contributed by atoms with Crippen LogP contribution in [0.3, 0.4) is 0 Å². The molecule has 0 amide bonds. The number of nitrogens with one attached hydrogen (secondary N) is 2. The molecule has 4 heterocycles. The lowest BCUT2D eigenvalue weighted by molar-refractivity contribution is 0.0847. The molecule has 2 aromatic carbocycles. The number of benzene rings is 2. The number of rotatable bonds is 2. The predicted molar refractivity (Wildman–Crippen MR) is 182 cm³/mol. The summed E-state index contributed by atoms with van der Waals surface area (Å²) in [6.45, 7) is 5.74. The number of nitrogen functional groups attached to an aromatic ring is 2. The van der Waals surface area contributed by atoms with Crippen molar-refractivity contribution in [2.75, 3.05) is 35.2 Å². The van der Waals surface area contributed by atoms with Crippen molar-refractivity contribution in [3.05, 3.63) is 81.2 Å². The zero-order chi connectivity index (χ0) is 31.9. The zero-order valence-electron chi connectivity index (χ0n) is 26.9. The van der Waals surface area contributed by atoms with Crippen molar-refractivity contribution in [1.29, 1.82) is 0 Å². The fraction of sp³-hybridized carbons (Fsp3) is 0.444. The number of carbonyl (C=O) groups excluding carboxylic acids is 2. The van der Waals surface area contributed by atoms with Gasteiger partial charge in [-0.05, 0) is 112 Å². The Labute approximate surface area is 269 Å². The maximum absolute atomic E-state index is 13.1. The van der Waals surface area contributed by atoms with E-state index in [0.717, 1.165) is 122 Å². The highest BCUT2D eigenvalue weighted by Gasteiger charge is 2.33. The molecule has 2 atom stereocenters. The van der Waals surface area contributed by atoms with Gasteiger partial charge in [0.1, 0.15) is 11.6 Å². The third-order valence-corrected chi connectivity index (χ3v) is 10.1. The molecule has 8 rings (SSSR count). The van der Waals surface area contributed by atoms with Gasteiger partial charge >= 0.3 is 0 Å². The van der Waals surface area contributed by atoms with Crippen LogP contribution in [-0.4, -0.2) is 44.5 Å². The first kappa shape index (κ1) is 30.1. The van der Waals surface area contributed by atoms with Crippen molar-refractivity contribution in [3.8, 4) is 0 Å². The Morgan fingerprint density at radius 3 is 1.87 bits per heavy atom. The summed E-state index contributed by atoms with van der Waals surface area (Å²) in [6.07, 6.45) is 9.79. The van der Waals surface area contributed by atoms with Gasteiger partial charge in [0.15, 0.2) is 0 Å². The lowest BCUT2D eigenvalue weighted by atomic mass is 9.89. The molecule has 2 aromatic heterocycles. The van der Waals surface area contributed by atoms with Gasteiger partial charge in [-0.15, -0.1) is 5.10 Å². The third kappa shape index (κ3) is 5.43. The number of nitrogens with two attached hydrogens (primary N) is 2. The molecular formula is C36H44N8O2. The average molecular weight is 621 g/mol. The molecule has 2 unspecified atom stereocenters. The summed E-state index contributed by atoms with van der Waals surface area (Å²) in [6, 6.07) is 12.5. The molecule has 6 N–H and O–H groups in total. The van der Waals surface area contributed by atoms with Crippen LogP contribution in [0.25, 0.3) is 0 Å². The maximum atomic E-state index is 13.1. The van der Waals surface area contributed by atoms with Crippen molar-refractivity contribution < 1.29 is 9.59 Å². The lowest BCUT2D eigenvalue weighted by Crippen LogP contribution is -2.29. The van der Waals surface area contributed by atoms with Crippen molar-refractivity contribution in [1.82, 2.24) is 19.6 Å². The minimum atomic E-state index is -0.171. The van der Waals surface area contributed by atoms with Gasteiger partial charge in [-0.25, -0.2) is 4.68 Å². The summed E-state index contributed by atoms with van der Waals surface area (Å²) < 4.78 is 3.07. The fourth-order valence-corrected chi connectivity index (χ4v) is 7.63. The molecule has 240 valence electrons. The molecule has 0 fully saturated rings. The normalized spacial score (nSPS) is 19.6. The molecule has 2 aliphatic heterocycles. The zero-order valence-corrected chi connectivity index (χ0v) is 26.9. The Morgan fingerprint density at radius 1 is 0.717 bits per heavy atom. The largest absolute Gasteiger partial charge is 0.385 e. The van der Waals surface area contributed by atoms with Crippen LogP contribution in [0.4, 0.5) is 23.0 Å². The van der Waals surface area contributed by atoms with Gasteiger partial charge < -0.3 is 22.1 Å². The second-order valence-corrected chi connectivity index (χ2v) is 13.3. The van der Waals surface area contributed by atoms with Crippen LogP contribution < -0.4 is 22.1 Å². The summed E-state index contributed by atoms with van der Waals surface area (Å²) in [5, 5.41) is 15.7. The minimum absolute atomic E-state index is 0.00324. The number of fused-ring (bicyclic) bond motifs is 4. The number of aromatic nitrogens is 4. The smallest absolute Gasteiger partial charge is 0.256 e. The quantitative estimate of drug-likeness (QED) is 0.221. The highest BCUT2D eigenvalue weighted by molar-refractivity contribution is 5.90. The Balaban J connectivity index is 0.000000147. The van der Waals surface area contributed by atoms with E-state index in [1.807, 2.05) is 0 Å². The standard InChI is InChI=1S/2C18H22N4O/c1-11-6-7-12-13(8-9-20-15(12)10-11)18(23)22-16-5-3-2-4-14(16)17(19)21-22;1-11-6-7-12-13(8-9-20-16(12)10-11)18(23)22-17(19)14-4-2-3-5-15(14)21-22/h6-7,10,13,20H,2-5,8-9H2,1H3,(H2,19,21);6-7,10,13,20H,2-5,8-9,19H2,1H3. The van der Waals surface area contributed by atoms with Gasteiger partial charge in [-0.2, -0.15) is 9.78 Å². The molecule has 46 heavy (non-hydrogen) atoms. The first-order chi connectivity index (χ1) is 22.3. The van der Waals surface area contributed by atoms with E-state index >= 15 is 0 Å². The van der Waals surface area contributed by atoms with E-state index in [1.165, 1.54) is 15.8 Å². The first-order valence-corrected chi connectivity index (χ1v) is 16.8. The van der Waals surface area contributed by atoms with Crippen LogP contribution in [0.2, 0.25) is 0 Å². The molecule has 4 aliphatic rings. The van der Waals surface area contributed by atoms with Crippen molar-refractivity contribution in [3.63, 3.8) is 0 Å². The SMILES string of the molecule is Cc1ccc2c(c1)NCCC2C(=O)n1nc(N)c2c1CCCC2.Cc1ccc2c(c1)NCCC2C(=O)n1nc2c(c1N)CCCC2. The lowest BCUT2D eigenvalue weighted by Gasteiger charge is -2.26. The number of hydrogen-bond acceptors (Lipinski definition) is 8. The van der Waals surface area contributed by atoms with E-state index in [2.05, 4.69) is 71.1 Å². The molecular weight excluding hydrogens is 576 g/mol. The Hall–Kier alpha value is -4.60. The van der Waals surface area contributed by atoms with Gasteiger partial charge in [-0.1, -0.05) is 24.3 Å². The Bertz CT molecular complexity index is 1820. The highest BCUT2D eigenvalue weighted by atomic mass is 16.2. The summed E-state index contributed by atoms with van der Waals surface area (Å²) >= 11 is 0. The Kier molecular flexibility index (Phi) is 8.04. The van der Waals surface area contributed by atoms with Crippen LogP contribution in [0.1, 0.15) is 105 Å². The van der Waals surface area contributed by atoms with Crippen molar-refractivity contribution >= 4 is 34.8 Å². The van der Waals surface area contributed by atoms with Gasteiger partial charge in [0.05, 0.1) is 23.2 Å². The van der Waals surface area contributed by atoms with E-state index in [1.54, 1.807) is 4.68 Å². The Morgan fingerprint density at radius 2 is 1.26 bits per heavy atom. The van der Waals surface area contributed by atoms with Crippen LogP contribution in [-0.2, 0) is 25.7 Å². The van der Waals surface area contributed by atoms with Crippen LogP contribution >= 0.6 is 0 Å². The number of nitrogens with zero attached hydrogens (tertiary/aromatic N) is 4. The van der Waals surface area contributed by atoms with E-state index < -0.39 is 0 Å². The van der Waals surface area contributed by atoms with Crippen LogP contribution in [0.5, 0.6) is 0 Å². The number of anilines is 4. The average Bonchev–Trinajstić information content (AvgIpc) is 3.60. The van der Waals surface area contributed by atoms with Gasteiger partial charge in [-0.3, -0.25) is 9.59 Å². The molecule has 0 saturated heterocycles. The second kappa shape index (κ2) is 12.3. The molecule has 0 bridgehead atoms. The highest BCUT2D eigenvalue weighted by Crippen LogP contribution is 2.36. The fourth-order valence-electron chi connectivity index (χ4n) is 7.63. The molecule has 0 saturated carbocycles. The van der Waals surface area contributed by atoms with Gasteiger partial charge in [0.25, 0.3) is 11.8 Å². The summed E-state index contributed by atoms with van der Waals surface area (Å²) in [7, 11) is 0. The van der Waals surface area contributed by atoms with E-state index in [-0.39, 0.29) is 23.7 Å². The van der Waals surface area contributed by atoms with Gasteiger partial charge in [0, 0.05) is 35.6 Å². The maximum Gasteiger partial charge on any atom is 0.256 e. The second-order valence-electron chi connectivity index (χ2n) is 13.3. The van der Waals surface area contributed by atoms with E-state index in [4.69, 9.17) is 11.5 Å². The summed E-state index contributed by atoms with van der Waals surface area (Å²) in [5.41, 5.74) is 23.2. The molecule has 2 aliphatic carbocycles. The molecule has 10 nitrogen and oxygen atoms in total. The topological polar surface area (TPSA) is 146 Å². The van der Waals surface area contributed by atoms with Gasteiger partial charge in [0.2, 0.25) is 0 Å². The van der Waals surface area contributed by atoms with E-state index in [0.29, 0.717) is 11.6 Å². The molecule has 4 aromatic rings. The molecule has 0 spiro atoms. The van der Waals surface area contributed by atoms with Crippen molar-refractivity contribution in [2.24, 2.45) is 0 Å². The summed E-state index contributed by atoms with van der Waals surface area (Å²) in [5.74, 6) is 0.839. The minimum Gasteiger partial charge on any atom is -0.385 e. The van der Waals surface area contributed by atoms with Crippen LogP contribution in [0.15, 0.2) is 36.4 Å². The molecule has 10 heteroatoms. The first-order valence-electron chi connectivity index (χ1n) is 16.8. The third-order valence-electron chi connectivity index (χ3n) is 10.1. The van der Waals surface area contributed by atoms with Crippen molar-refractivity contribution in [2.45, 2.75) is 89.9 Å². The predicted octanol–water partition coefficient (Wildman–Crippen LogP) is 5.78. The number of hydrogen-bond donors (Lipinski definition) is 4. The monoisotopic (exact) mass is 620 g/mol. The number of aryl methyl sites for hydroxylation is 3. The summed E-state index contributed by atoms with van der Waals surface area (Å²) in [4.78, 5) is 26.2. The van der Waals surface area contributed by atoms with Crippen LogP contribution in [0, 0.1) is 13.8 Å². The number of carbonyl (C=O) groups is 2. The van der Waals surface area contributed by atoms with E-state index in [9.17, 15) is 9.59 Å².